The van der Waals surface area contributed by atoms with Crippen LogP contribution in [0.3, 0.4) is 0 Å². The minimum Gasteiger partial charge on any atom is -0.491 e. The van der Waals surface area contributed by atoms with Crippen molar-refractivity contribution < 1.29 is 28.2 Å². The molecule has 2 aromatic rings. The summed E-state index contributed by atoms with van der Waals surface area (Å²) in [5.41, 5.74) is 1.03. The summed E-state index contributed by atoms with van der Waals surface area (Å²) in [6, 6.07) is 9.53. The Morgan fingerprint density at radius 2 is 1.76 bits per heavy atom. The number of carbonyl (C=O) groups excluding carboxylic acids is 3. The number of nitrogens with one attached hydrogen (secondary N) is 2. The fourth-order valence-corrected chi connectivity index (χ4v) is 4.58. The number of fused-ring (bicyclic) bond motifs is 1. The van der Waals surface area contributed by atoms with Crippen LogP contribution in [-0.4, -0.2) is 73.6 Å². The summed E-state index contributed by atoms with van der Waals surface area (Å²) in [5, 5.41) is 5.27. The van der Waals surface area contributed by atoms with Gasteiger partial charge in [0.15, 0.2) is 0 Å². The number of rotatable bonds is 4. The van der Waals surface area contributed by atoms with E-state index in [1.807, 2.05) is 18.7 Å². The van der Waals surface area contributed by atoms with Crippen molar-refractivity contribution in [3.8, 4) is 5.75 Å². The van der Waals surface area contributed by atoms with Crippen LogP contribution in [0.2, 0.25) is 0 Å². The van der Waals surface area contributed by atoms with Crippen LogP contribution in [0, 0.1) is 17.7 Å². The van der Waals surface area contributed by atoms with E-state index in [9.17, 15) is 18.8 Å². The molecular formula is C28H35FN4O5. The molecule has 0 spiro atoms. The summed E-state index contributed by atoms with van der Waals surface area (Å²) in [7, 11) is 3.32. The number of likely N-dealkylation sites (N-methyl/N-ethyl adjacent to an activating group) is 1. The average molecular weight is 527 g/mol. The molecule has 204 valence electrons. The van der Waals surface area contributed by atoms with Crippen LogP contribution >= 0.6 is 0 Å². The molecule has 0 aromatic heterocycles. The molecule has 0 bridgehead atoms. The first-order chi connectivity index (χ1) is 18.2. The predicted molar refractivity (Wildman–Crippen MR) is 142 cm³/mol. The van der Waals surface area contributed by atoms with Crippen LogP contribution in [-0.2, 0) is 9.53 Å². The molecule has 0 unspecified atom stereocenters. The van der Waals surface area contributed by atoms with Crippen molar-refractivity contribution >= 4 is 29.2 Å². The molecule has 1 aliphatic heterocycles. The van der Waals surface area contributed by atoms with Crippen molar-refractivity contribution in [2.75, 3.05) is 44.5 Å². The molecule has 4 rings (SSSR count). The Morgan fingerprint density at radius 3 is 2.42 bits per heavy atom. The lowest BCUT2D eigenvalue weighted by Crippen LogP contribution is -2.49. The third-order valence-electron chi connectivity index (χ3n) is 7.00. The maximum atomic E-state index is 13.5. The lowest BCUT2D eigenvalue weighted by molar-refractivity contribution is -0.136. The maximum Gasteiger partial charge on any atom is 0.323 e. The Kier molecular flexibility index (Phi) is 8.51. The van der Waals surface area contributed by atoms with Gasteiger partial charge < -0.3 is 29.9 Å². The number of benzene rings is 2. The summed E-state index contributed by atoms with van der Waals surface area (Å²) in [4.78, 5) is 42.4. The molecule has 1 fully saturated rings. The van der Waals surface area contributed by atoms with Crippen LogP contribution in [0.15, 0.2) is 42.5 Å². The first-order valence-corrected chi connectivity index (χ1v) is 12.9. The molecular weight excluding hydrogens is 491 g/mol. The number of ether oxygens (including phenoxy) is 2. The van der Waals surface area contributed by atoms with E-state index >= 15 is 0 Å². The Bertz CT molecular complexity index is 1190. The molecule has 3 atom stereocenters. The highest BCUT2D eigenvalue weighted by atomic mass is 19.1. The quantitative estimate of drug-likeness (QED) is 0.622. The van der Waals surface area contributed by atoms with Crippen LogP contribution < -0.4 is 15.4 Å². The number of urea groups is 1. The van der Waals surface area contributed by atoms with E-state index in [4.69, 9.17) is 9.47 Å². The summed E-state index contributed by atoms with van der Waals surface area (Å²) in [6.07, 6.45) is 1.54. The van der Waals surface area contributed by atoms with Gasteiger partial charge in [-0.1, -0.05) is 13.0 Å². The largest absolute Gasteiger partial charge is 0.491 e. The van der Waals surface area contributed by atoms with Gasteiger partial charge in [-0.3, -0.25) is 9.59 Å². The summed E-state index contributed by atoms with van der Waals surface area (Å²) in [6.45, 7) is 4.97. The zero-order chi connectivity index (χ0) is 27.4. The van der Waals surface area contributed by atoms with E-state index in [0.717, 1.165) is 12.8 Å². The SMILES string of the molecule is CO[C@@H]1CN(C)C(=O)c2ccc(NC(=O)Nc3cccc(F)c3)cc2OC[C@H](C)N(C(=O)C2CC2)C[C@H]1C. The minimum atomic E-state index is -0.571. The third-order valence-corrected chi connectivity index (χ3v) is 7.00. The third kappa shape index (κ3) is 6.61. The van der Waals surface area contributed by atoms with Crippen molar-refractivity contribution in [1.29, 1.82) is 0 Å². The molecule has 2 N–H and O–H groups in total. The number of anilines is 2. The topological polar surface area (TPSA) is 100 Å². The molecule has 1 heterocycles. The Balaban J connectivity index is 1.58. The molecule has 4 amide bonds. The van der Waals surface area contributed by atoms with E-state index in [1.54, 1.807) is 43.3 Å². The average Bonchev–Trinajstić information content (AvgIpc) is 3.73. The van der Waals surface area contributed by atoms with Crippen LogP contribution in [0.5, 0.6) is 5.75 Å². The maximum absolute atomic E-state index is 13.5. The molecule has 0 radical (unpaired) electrons. The highest BCUT2D eigenvalue weighted by molar-refractivity contribution is 6.01. The van der Waals surface area contributed by atoms with Gasteiger partial charge in [0.25, 0.3) is 5.91 Å². The van der Waals surface area contributed by atoms with E-state index in [2.05, 4.69) is 10.6 Å². The number of halogens is 1. The fraction of sp³-hybridized carbons (Fsp3) is 0.464. The first-order valence-electron chi connectivity index (χ1n) is 12.9. The first kappa shape index (κ1) is 27.4. The van der Waals surface area contributed by atoms with Gasteiger partial charge >= 0.3 is 6.03 Å². The van der Waals surface area contributed by atoms with E-state index in [-0.39, 0.29) is 42.4 Å². The molecule has 10 heteroatoms. The van der Waals surface area contributed by atoms with E-state index < -0.39 is 11.8 Å². The van der Waals surface area contributed by atoms with Crippen LogP contribution in [0.25, 0.3) is 0 Å². The lowest BCUT2D eigenvalue weighted by atomic mass is 10.0. The van der Waals surface area contributed by atoms with Gasteiger partial charge in [-0.25, -0.2) is 9.18 Å². The second-order valence-electron chi connectivity index (χ2n) is 10.2. The van der Waals surface area contributed by atoms with E-state index in [1.165, 1.54) is 18.2 Å². The fourth-order valence-electron chi connectivity index (χ4n) is 4.58. The van der Waals surface area contributed by atoms with Crippen molar-refractivity contribution in [3.05, 3.63) is 53.8 Å². The van der Waals surface area contributed by atoms with Gasteiger partial charge in [-0.05, 0) is 50.1 Å². The summed E-state index contributed by atoms with van der Waals surface area (Å²) in [5.74, 6) is -0.242. The van der Waals surface area contributed by atoms with Crippen molar-refractivity contribution in [3.63, 3.8) is 0 Å². The predicted octanol–water partition coefficient (Wildman–Crippen LogP) is 4.21. The standard InChI is InChI=1S/C28H35FN4O5/c1-17-14-33(26(34)19-8-9-19)18(2)16-38-24-13-22(31-28(36)30-21-7-5-6-20(29)12-21)10-11-23(24)27(35)32(3)15-25(17)37-4/h5-7,10-13,17-19,25H,8-9,14-16H2,1-4H3,(H2,30,31,36)/t17-,18+,25-/m1/s1. The smallest absolute Gasteiger partial charge is 0.323 e. The normalized spacial score (nSPS) is 22.4. The van der Waals surface area contributed by atoms with Crippen molar-refractivity contribution in [2.45, 2.75) is 38.8 Å². The zero-order valence-electron chi connectivity index (χ0n) is 22.2. The highest BCUT2D eigenvalue weighted by Gasteiger charge is 2.37. The van der Waals surface area contributed by atoms with Gasteiger partial charge in [0, 0.05) is 56.5 Å². The number of hydrogen-bond donors (Lipinski definition) is 2. The number of methoxy groups -OCH3 is 1. The molecule has 1 saturated carbocycles. The molecule has 0 saturated heterocycles. The minimum absolute atomic E-state index is 0.00229. The Hall–Kier alpha value is -3.66. The van der Waals surface area contributed by atoms with Crippen LogP contribution in [0.4, 0.5) is 20.6 Å². The molecule has 1 aliphatic carbocycles. The second-order valence-corrected chi connectivity index (χ2v) is 10.2. The summed E-state index contributed by atoms with van der Waals surface area (Å²) >= 11 is 0. The highest BCUT2D eigenvalue weighted by Crippen LogP contribution is 2.33. The Labute approximate surface area is 222 Å². The zero-order valence-corrected chi connectivity index (χ0v) is 22.2. The monoisotopic (exact) mass is 526 g/mol. The van der Waals surface area contributed by atoms with Gasteiger partial charge in [0.2, 0.25) is 5.91 Å². The van der Waals surface area contributed by atoms with Crippen LogP contribution in [0.1, 0.15) is 37.0 Å². The number of hydrogen-bond acceptors (Lipinski definition) is 5. The van der Waals surface area contributed by atoms with Gasteiger partial charge in [-0.2, -0.15) is 0 Å². The Morgan fingerprint density at radius 1 is 1.05 bits per heavy atom. The van der Waals surface area contributed by atoms with Crippen molar-refractivity contribution in [1.82, 2.24) is 9.80 Å². The van der Waals surface area contributed by atoms with Gasteiger partial charge in [0.05, 0.1) is 17.7 Å². The number of nitrogens with zero attached hydrogens (tertiary/aromatic N) is 2. The van der Waals surface area contributed by atoms with Gasteiger partial charge in [0.1, 0.15) is 18.2 Å². The lowest BCUT2D eigenvalue weighted by Gasteiger charge is -2.36. The molecule has 9 nitrogen and oxygen atoms in total. The number of amides is 4. The second kappa shape index (κ2) is 11.8. The molecule has 2 aromatic carbocycles. The summed E-state index contributed by atoms with van der Waals surface area (Å²) < 4.78 is 25.3. The molecule has 38 heavy (non-hydrogen) atoms. The molecule has 2 aliphatic rings. The van der Waals surface area contributed by atoms with E-state index in [0.29, 0.717) is 35.8 Å². The van der Waals surface area contributed by atoms with Gasteiger partial charge in [-0.15, -0.1) is 0 Å². The number of carbonyl (C=O) groups is 3. The van der Waals surface area contributed by atoms with Crippen molar-refractivity contribution in [2.24, 2.45) is 11.8 Å².